The van der Waals surface area contributed by atoms with E-state index in [1.54, 1.807) is 11.0 Å². The third kappa shape index (κ3) is 2.52. The summed E-state index contributed by atoms with van der Waals surface area (Å²) in [5.41, 5.74) is 3.09. The number of nitrogens with one attached hydrogen (secondary N) is 1. The summed E-state index contributed by atoms with van der Waals surface area (Å²) in [6.45, 7) is 2.94. The van der Waals surface area contributed by atoms with E-state index in [0.29, 0.717) is 31.1 Å². The van der Waals surface area contributed by atoms with E-state index in [1.165, 1.54) is 0 Å². The summed E-state index contributed by atoms with van der Waals surface area (Å²) < 4.78 is 5.86. The molecule has 0 fully saturated rings. The van der Waals surface area contributed by atoms with Crippen molar-refractivity contribution in [3.05, 3.63) is 59.2 Å². The van der Waals surface area contributed by atoms with Crippen LogP contribution in [0.1, 0.15) is 27.6 Å². The van der Waals surface area contributed by atoms with Gasteiger partial charge >= 0.3 is 0 Å². The largest absolute Gasteiger partial charge is 0.441 e. The highest BCUT2D eigenvalue weighted by molar-refractivity contribution is 5.92. The molecular formula is C17H16N4O2. The highest BCUT2D eigenvalue weighted by Crippen LogP contribution is 2.26. The van der Waals surface area contributed by atoms with Crippen LogP contribution in [-0.4, -0.2) is 32.5 Å². The molecule has 0 bridgehead atoms. The lowest BCUT2D eigenvalue weighted by molar-refractivity contribution is 0.0722. The molecule has 0 aliphatic carbocycles. The molecule has 1 aromatic carbocycles. The third-order valence-corrected chi connectivity index (χ3v) is 3.96. The van der Waals surface area contributed by atoms with Crippen molar-refractivity contribution in [1.29, 1.82) is 0 Å². The topological polar surface area (TPSA) is 75.0 Å². The number of hydrogen-bond donors (Lipinski definition) is 1. The molecule has 1 amide bonds. The number of oxazole rings is 1. The van der Waals surface area contributed by atoms with Gasteiger partial charge in [0.2, 0.25) is 5.89 Å². The van der Waals surface area contributed by atoms with E-state index in [-0.39, 0.29) is 5.91 Å². The molecule has 1 aliphatic heterocycles. The Bertz CT molecular complexity index is 851. The average Bonchev–Trinajstić information content (AvgIpc) is 3.20. The molecule has 0 spiro atoms. The van der Waals surface area contributed by atoms with Crippen molar-refractivity contribution in [2.45, 2.75) is 19.9 Å². The van der Waals surface area contributed by atoms with Gasteiger partial charge in [-0.15, -0.1) is 0 Å². The van der Waals surface area contributed by atoms with Crippen molar-refractivity contribution in [3.8, 4) is 11.5 Å². The van der Waals surface area contributed by atoms with Gasteiger partial charge in [0.15, 0.2) is 0 Å². The zero-order chi connectivity index (χ0) is 15.8. The summed E-state index contributed by atoms with van der Waals surface area (Å²) in [6, 6.07) is 11.6. The first-order valence-electron chi connectivity index (χ1n) is 7.56. The molecule has 2 aromatic heterocycles. The number of fused-ring (bicyclic) bond motifs is 1. The molecule has 3 heterocycles. The van der Waals surface area contributed by atoms with E-state index >= 15 is 0 Å². The number of hydrogen-bond acceptors (Lipinski definition) is 4. The van der Waals surface area contributed by atoms with Crippen LogP contribution in [0.15, 0.2) is 40.8 Å². The number of rotatable bonds is 2. The van der Waals surface area contributed by atoms with Crippen LogP contribution < -0.4 is 0 Å². The quantitative estimate of drug-likeness (QED) is 0.789. The van der Waals surface area contributed by atoms with Gasteiger partial charge in [0.05, 0.1) is 6.54 Å². The summed E-state index contributed by atoms with van der Waals surface area (Å²) in [7, 11) is 0. The van der Waals surface area contributed by atoms with E-state index in [4.69, 9.17) is 4.42 Å². The summed E-state index contributed by atoms with van der Waals surface area (Å²) >= 11 is 0. The summed E-state index contributed by atoms with van der Waals surface area (Å²) in [5.74, 6) is 1.40. The lowest BCUT2D eigenvalue weighted by Crippen LogP contribution is -2.36. The number of nitrogens with zero attached hydrogens (tertiary/aromatic N) is 3. The van der Waals surface area contributed by atoms with Crippen LogP contribution in [0.3, 0.4) is 0 Å². The minimum Gasteiger partial charge on any atom is -0.441 e. The molecule has 3 aromatic rings. The average molecular weight is 308 g/mol. The second-order valence-corrected chi connectivity index (χ2v) is 5.67. The Hall–Kier alpha value is -2.89. The zero-order valence-corrected chi connectivity index (χ0v) is 12.7. The van der Waals surface area contributed by atoms with Gasteiger partial charge < -0.3 is 9.32 Å². The smallest absolute Gasteiger partial charge is 0.274 e. The SMILES string of the molecule is Cc1cc(C(=O)N2CCc3oc(-c4ccccc4)nc3C2)n[nH]1. The highest BCUT2D eigenvalue weighted by Gasteiger charge is 2.27. The van der Waals surface area contributed by atoms with Gasteiger partial charge in [0.25, 0.3) is 5.91 Å². The lowest BCUT2D eigenvalue weighted by Gasteiger charge is -2.24. The maximum Gasteiger partial charge on any atom is 0.274 e. The van der Waals surface area contributed by atoms with Gasteiger partial charge in [0.1, 0.15) is 17.1 Å². The van der Waals surface area contributed by atoms with Gasteiger partial charge in [-0.2, -0.15) is 5.10 Å². The molecule has 6 heteroatoms. The molecule has 0 atom stereocenters. The van der Waals surface area contributed by atoms with E-state index in [2.05, 4.69) is 15.2 Å². The zero-order valence-electron chi connectivity index (χ0n) is 12.7. The first-order valence-corrected chi connectivity index (χ1v) is 7.56. The lowest BCUT2D eigenvalue weighted by atomic mass is 10.1. The fourth-order valence-corrected chi connectivity index (χ4v) is 2.77. The number of aromatic amines is 1. The number of carbonyl (C=O) groups excluding carboxylic acids is 1. The fourth-order valence-electron chi connectivity index (χ4n) is 2.77. The van der Waals surface area contributed by atoms with Crippen molar-refractivity contribution in [2.75, 3.05) is 6.54 Å². The van der Waals surface area contributed by atoms with E-state index in [9.17, 15) is 4.79 Å². The number of benzene rings is 1. The van der Waals surface area contributed by atoms with Crippen molar-refractivity contribution in [1.82, 2.24) is 20.1 Å². The predicted octanol–water partition coefficient (Wildman–Crippen LogP) is 2.57. The van der Waals surface area contributed by atoms with Gasteiger partial charge in [0, 0.05) is 24.2 Å². The summed E-state index contributed by atoms with van der Waals surface area (Å²) in [4.78, 5) is 18.8. The molecule has 0 unspecified atom stereocenters. The van der Waals surface area contributed by atoms with Crippen LogP contribution in [0.2, 0.25) is 0 Å². The van der Waals surface area contributed by atoms with Crippen LogP contribution in [0.25, 0.3) is 11.5 Å². The molecule has 23 heavy (non-hydrogen) atoms. The van der Waals surface area contributed by atoms with E-state index in [1.807, 2.05) is 37.3 Å². The molecule has 0 saturated heterocycles. The molecule has 6 nitrogen and oxygen atoms in total. The van der Waals surface area contributed by atoms with Gasteiger partial charge in [-0.05, 0) is 25.1 Å². The van der Waals surface area contributed by atoms with Crippen LogP contribution in [-0.2, 0) is 13.0 Å². The minimum absolute atomic E-state index is 0.0794. The number of aryl methyl sites for hydroxylation is 1. The molecule has 116 valence electrons. The number of carbonyl (C=O) groups is 1. The maximum absolute atomic E-state index is 12.5. The predicted molar refractivity (Wildman–Crippen MR) is 83.7 cm³/mol. The highest BCUT2D eigenvalue weighted by atomic mass is 16.4. The third-order valence-electron chi connectivity index (χ3n) is 3.96. The Balaban J connectivity index is 1.58. The van der Waals surface area contributed by atoms with Crippen LogP contribution in [0, 0.1) is 6.92 Å². The van der Waals surface area contributed by atoms with Crippen molar-refractivity contribution >= 4 is 5.91 Å². The van der Waals surface area contributed by atoms with Gasteiger partial charge in [-0.1, -0.05) is 18.2 Å². The monoisotopic (exact) mass is 308 g/mol. The Morgan fingerprint density at radius 2 is 2.13 bits per heavy atom. The first-order chi connectivity index (χ1) is 11.2. The molecule has 0 saturated carbocycles. The summed E-state index contributed by atoms with van der Waals surface area (Å²) in [5, 5.41) is 6.84. The van der Waals surface area contributed by atoms with E-state index < -0.39 is 0 Å². The molecule has 0 radical (unpaired) electrons. The van der Waals surface area contributed by atoms with Crippen LogP contribution in [0.4, 0.5) is 0 Å². The van der Waals surface area contributed by atoms with Crippen LogP contribution >= 0.6 is 0 Å². The van der Waals surface area contributed by atoms with Gasteiger partial charge in [-0.3, -0.25) is 9.89 Å². The van der Waals surface area contributed by atoms with Crippen molar-refractivity contribution < 1.29 is 9.21 Å². The fraction of sp³-hybridized carbons (Fsp3) is 0.235. The summed E-state index contributed by atoms with van der Waals surface area (Å²) in [6.07, 6.45) is 0.671. The Kier molecular flexibility index (Phi) is 3.22. The first kappa shape index (κ1) is 13.8. The Labute approximate surface area is 133 Å². The molecule has 4 rings (SSSR count). The molecule has 1 aliphatic rings. The number of amides is 1. The molecule has 1 N–H and O–H groups in total. The normalized spacial score (nSPS) is 13.9. The van der Waals surface area contributed by atoms with Crippen LogP contribution in [0.5, 0.6) is 0 Å². The standard InChI is InChI=1S/C17H16N4O2/c1-11-9-13(20-19-11)17(22)21-8-7-15-14(10-21)18-16(23-15)12-5-3-2-4-6-12/h2-6,9H,7-8,10H2,1H3,(H,19,20). The van der Waals surface area contributed by atoms with Crippen molar-refractivity contribution in [2.24, 2.45) is 0 Å². The number of H-pyrrole nitrogens is 1. The second-order valence-electron chi connectivity index (χ2n) is 5.67. The Morgan fingerprint density at radius 3 is 2.87 bits per heavy atom. The van der Waals surface area contributed by atoms with E-state index in [0.717, 1.165) is 22.7 Å². The van der Waals surface area contributed by atoms with Gasteiger partial charge in [-0.25, -0.2) is 4.98 Å². The minimum atomic E-state index is -0.0794. The van der Waals surface area contributed by atoms with Crippen molar-refractivity contribution in [3.63, 3.8) is 0 Å². The maximum atomic E-state index is 12.5. The Morgan fingerprint density at radius 1 is 1.30 bits per heavy atom. The molecular weight excluding hydrogens is 292 g/mol. The number of aromatic nitrogens is 3. The second kappa shape index (κ2) is 5.39.